The summed E-state index contributed by atoms with van der Waals surface area (Å²) >= 11 is 0. The van der Waals surface area contributed by atoms with Gasteiger partial charge in [0, 0.05) is 11.7 Å². The molecule has 2 heterocycles. The number of hydrogen-bond acceptors (Lipinski definition) is 3. The van der Waals surface area contributed by atoms with Gasteiger partial charge in [-0.3, -0.25) is 4.79 Å². The first-order valence-electron chi connectivity index (χ1n) is 7.88. The van der Waals surface area contributed by atoms with Crippen molar-refractivity contribution in [2.45, 2.75) is 53.5 Å². The summed E-state index contributed by atoms with van der Waals surface area (Å²) in [4.78, 5) is 16.9. The van der Waals surface area contributed by atoms with Crippen molar-refractivity contribution >= 4 is 5.91 Å². The van der Waals surface area contributed by atoms with Gasteiger partial charge < -0.3 is 5.32 Å². The maximum atomic E-state index is 12.6. The summed E-state index contributed by atoms with van der Waals surface area (Å²) in [6, 6.07) is 5.62. The molecule has 23 heavy (non-hydrogen) atoms. The predicted octanol–water partition coefficient (Wildman–Crippen LogP) is 3.52. The number of rotatable bonds is 4. The number of carbonyl (C=O) groups is 1. The summed E-state index contributed by atoms with van der Waals surface area (Å²) in [7, 11) is 0. The van der Waals surface area contributed by atoms with Crippen LogP contribution in [0, 0.1) is 12.3 Å². The molecule has 0 bridgehead atoms. The second kappa shape index (κ2) is 6.14. The van der Waals surface area contributed by atoms with E-state index in [1.165, 1.54) is 0 Å². The minimum Gasteiger partial charge on any atom is -0.347 e. The predicted molar refractivity (Wildman–Crippen MR) is 91.7 cm³/mol. The first-order chi connectivity index (χ1) is 10.6. The molecule has 5 heteroatoms. The minimum atomic E-state index is -0.283. The van der Waals surface area contributed by atoms with Crippen LogP contribution in [0.4, 0.5) is 0 Å². The van der Waals surface area contributed by atoms with Crippen LogP contribution < -0.4 is 5.32 Å². The number of carbonyl (C=O) groups excluding carboxylic acids is 1. The Hall–Kier alpha value is -2.17. The Bertz CT molecular complexity index is 681. The largest absolute Gasteiger partial charge is 0.347 e. The Kier molecular flexibility index (Phi) is 4.59. The molecule has 1 amide bonds. The van der Waals surface area contributed by atoms with Gasteiger partial charge in [0.1, 0.15) is 0 Å². The van der Waals surface area contributed by atoms with Crippen LogP contribution in [-0.4, -0.2) is 26.2 Å². The van der Waals surface area contributed by atoms with Crippen LogP contribution in [-0.2, 0) is 0 Å². The van der Waals surface area contributed by atoms with Crippen LogP contribution in [0.3, 0.4) is 0 Å². The molecule has 0 fully saturated rings. The molecule has 0 aliphatic heterocycles. The van der Waals surface area contributed by atoms with Crippen LogP contribution in [0.1, 0.15) is 57.1 Å². The SMILES string of the molecule is Cc1c(C(=O)NC(C)(C)CC(C)(C)C)cnn1-c1ccccn1. The number of aromatic nitrogens is 3. The van der Waals surface area contributed by atoms with E-state index in [4.69, 9.17) is 0 Å². The lowest BCUT2D eigenvalue weighted by molar-refractivity contribution is 0.0891. The Labute approximate surface area is 138 Å². The molecule has 2 aromatic rings. The fourth-order valence-electron chi connectivity index (χ4n) is 3.09. The Morgan fingerprint density at radius 1 is 1.22 bits per heavy atom. The second-order valence-electron chi connectivity index (χ2n) is 7.82. The first-order valence-corrected chi connectivity index (χ1v) is 7.88. The molecular weight excluding hydrogens is 288 g/mol. The third kappa shape index (κ3) is 4.41. The van der Waals surface area contributed by atoms with Gasteiger partial charge in [-0.25, -0.2) is 9.67 Å². The number of hydrogen-bond donors (Lipinski definition) is 1. The van der Waals surface area contributed by atoms with Gasteiger partial charge in [0.25, 0.3) is 5.91 Å². The zero-order valence-electron chi connectivity index (χ0n) is 14.8. The third-order valence-electron chi connectivity index (χ3n) is 3.54. The number of amides is 1. The molecule has 0 saturated heterocycles. The lowest BCUT2D eigenvalue weighted by Gasteiger charge is -2.33. The molecule has 0 aromatic carbocycles. The topological polar surface area (TPSA) is 59.8 Å². The summed E-state index contributed by atoms with van der Waals surface area (Å²) in [5, 5.41) is 7.43. The van der Waals surface area contributed by atoms with Crippen molar-refractivity contribution in [2.24, 2.45) is 5.41 Å². The van der Waals surface area contributed by atoms with Crippen molar-refractivity contribution in [3.05, 3.63) is 41.9 Å². The maximum Gasteiger partial charge on any atom is 0.255 e. The minimum absolute atomic E-state index is 0.0982. The number of nitrogens with one attached hydrogen (secondary N) is 1. The van der Waals surface area contributed by atoms with Crippen LogP contribution in [0.25, 0.3) is 5.82 Å². The van der Waals surface area contributed by atoms with Gasteiger partial charge in [-0.2, -0.15) is 5.10 Å². The molecule has 0 atom stereocenters. The molecule has 124 valence electrons. The molecule has 0 saturated carbocycles. The van der Waals surface area contributed by atoms with E-state index in [2.05, 4.69) is 50.0 Å². The fraction of sp³-hybridized carbons (Fsp3) is 0.500. The van der Waals surface area contributed by atoms with E-state index in [9.17, 15) is 4.79 Å². The van der Waals surface area contributed by atoms with Crippen LogP contribution in [0.2, 0.25) is 0 Å². The fourth-order valence-corrected chi connectivity index (χ4v) is 3.09. The van der Waals surface area contributed by atoms with Gasteiger partial charge in [-0.05, 0) is 44.7 Å². The maximum absolute atomic E-state index is 12.6. The van der Waals surface area contributed by atoms with Crippen LogP contribution in [0.15, 0.2) is 30.6 Å². The molecule has 0 aliphatic rings. The molecule has 1 N–H and O–H groups in total. The number of nitrogens with zero attached hydrogens (tertiary/aromatic N) is 3. The number of pyridine rings is 1. The van der Waals surface area contributed by atoms with E-state index >= 15 is 0 Å². The zero-order valence-corrected chi connectivity index (χ0v) is 14.8. The highest BCUT2D eigenvalue weighted by molar-refractivity contribution is 5.95. The first kappa shape index (κ1) is 17.2. The van der Waals surface area contributed by atoms with E-state index in [1.54, 1.807) is 17.1 Å². The molecule has 0 unspecified atom stereocenters. The summed E-state index contributed by atoms with van der Waals surface area (Å²) in [5.74, 6) is 0.608. The highest BCUT2D eigenvalue weighted by atomic mass is 16.1. The van der Waals surface area contributed by atoms with Gasteiger partial charge >= 0.3 is 0 Å². The molecule has 5 nitrogen and oxygen atoms in total. The van der Waals surface area contributed by atoms with Crippen molar-refractivity contribution in [3.8, 4) is 5.82 Å². The summed E-state index contributed by atoms with van der Waals surface area (Å²) in [6.07, 6.45) is 4.20. The molecule has 2 aromatic heterocycles. The Morgan fingerprint density at radius 3 is 2.48 bits per heavy atom. The van der Waals surface area contributed by atoms with Gasteiger partial charge in [-0.1, -0.05) is 26.8 Å². The van der Waals surface area contributed by atoms with E-state index in [-0.39, 0.29) is 16.9 Å². The van der Waals surface area contributed by atoms with E-state index in [0.717, 1.165) is 12.1 Å². The summed E-state index contributed by atoms with van der Waals surface area (Å²) < 4.78 is 1.69. The summed E-state index contributed by atoms with van der Waals surface area (Å²) in [6.45, 7) is 12.5. The smallest absolute Gasteiger partial charge is 0.255 e. The van der Waals surface area contributed by atoms with Gasteiger partial charge in [-0.15, -0.1) is 0 Å². The van der Waals surface area contributed by atoms with E-state index in [1.807, 2.05) is 25.1 Å². The quantitative estimate of drug-likeness (QED) is 0.939. The van der Waals surface area contributed by atoms with E-state index in [0.29, 0.717) is 11.4 Å². The average molecular weight is 314 g/mol. The van der Waals surface area contributed by atoms with Crippen molar-refractivity contribution in [2.75, 3.05) is 0 Å². The Balaban J connectivity index is 2.20. The van der Waals surface area contributed by atoms with Gasteiger partial charge in [0.05, 0.1) is 17.5 Å². The second-order valence-corrected chi connectivity index (χ2v) is 7.82. The third-order valence-corrected chi connectivity index (χ3v) is 3.54. The molecule has 0 aliphatic carbocycles. The van der Waals surface area contributed by atoms with Gasteiger partial charge in [0.2, 0.25) is 0 Å². The molecular formula is C18H26N4O. The standard InChI is InChI=1S/C18H26N4O/c1-13-14(11-20-22(13)15-9-7-8-10-19-15)16(23)21-18(5,6)12-17(2,3)4/h7-11H,12H2,1-6H3,(H,21,23). The average Bonchev–Trinajstić information content (AvgIpc) is 2.78. The zero-order chi connectivity index (χ0) is 17.3. The monoisotopic (exact) mass is 314 g/mol. The molecule has 0 radical (unpaired) electrons. The van der Waals surface area contributed by atoms with Crippen molar-refractivity contribution in [1.82, 2.24) is 20.1 Å². The molecule has 0 spiro atoms. The lowest BCUT2D eigenvalue weighted by Crippen LogP contribution is -2.45. The highest BCUT2D eigenvalue weighted by Crippen LogP contribution is 2.27. The van der Waals surface area contributed by atoms with Crippen LogP contribution in [0.5, 0.6) is 0 Å². The Morgan fingerprint density at radius 2 is 1.91 bits per heavy atom. The van der Waals surface area contributed by atoms with Crippen molar-refractivity contribution < 1.29 is 4.79 Å². The van der Waals surface area contributed by atoms with Crippen molar-refractivity contribution in [3.63, 3.8) is 0 Å². The van der Waals surface area contributed by atoms with Gasteiger partial charge in [0.15, 0.2) is 5.82 Å². The summed E-state index contributed by atoms with van der Waals surface area (Å²) in [5.41, 5.74) is 1.23. The molecule has 2 rings (SSSR count). The van der Waals surface area contributed by atoms with Crippen molar-refractivity contribution in [1.29, 1.82) is 0 Å². The van der Waals surface area contributed by atoms with Crippen LogP contribution >= 0.6 is 0 Å². The lowest BCUT2D eigenvalue weighted by atomic mass is 9.81. The normalized spacial score (nSPS) is 12.3. The van der Waals surface area contributed by atoms with E-state index < -0.39 is 0 Å². The highest BCUT2D eigenvalue weighted by Gasteiger charge is 2.28.